The van der Waals surface area contributed by atoms with Crippen molar-refractivity contribution in [3.05, 3.63) is 34.1 Å². The first-order valence-electron chi connectivity index (χ1n) is 6.42. The van der Waals surface area contributed by atoms with Gasteiger partial charge in [-0.05, 0) is 53.2 Å². The summed E-state index contributed by atoms with van der Waals surface area (Å²) >= 11 is 3.29. The van der Waals surface area contributed by atoms with Crippen LogP contribution in [0.3, 0.4) is 0 Å². The molecule has 0 radical (unpaired) electrons. The minimum absolute atomic E-state index is 0.201. The average Bonchev–Trinajstić information content (AvgIpc) is 2.41. The van der Waals surface area contributed by atoms with Crippen molar-refractivity contribution in [2.75, 3.05) is 13.2 Å². The van der Waals surface area contributed by atoms with Crippen molar-refractivity contribution in [3.63, 3.8) is 0 Å². The van der Waals surface area contributed by atoms with E-state index in [4.69, 9.17) is 4.74 Å². The Morgan fingerprint density at radius 2 is 2.17 bits per heavy atom. The Balaban J connectivity index is 1.88. The predicted octanol–water partition coefficient (Wildman–Crippen LogP) is 3.49. The molecule has 2 nitrogen and oxygen atoms in total. The summed E-state index contributed by atoms with van der Waals surface area (Å²) in [4.78, 5) is 0. The first-order valence-corrected chi connectivity index (χ1v) is 7.22. The van der Waals surface area contributed by atoms with Crippen LogP contribution < -0.4 is 5.32 Å². The molecule has 1 aliphatic heterocycles. The Morgan fingerprint density at radius 1 is 1.44 bits per heavy atom. The quantitative estimate of drug-likeness (QED) is 0.918. The number of halogens is 2. The molecule has 1 aromatic carbocycles. The summed E-state index contributed by atoms with van der Waals surface area (Å²) in [6.45, 7) is 4.61. The number of rotatable bonds is 4. The maximum absolute atomic E-state index is 13.4. The zero-order valence-corrected chi connectivity index (χ0v) is 12.2. The number of hydrogen-bond donors (Lipinski definition) is 1. The molecule has 1 saturated heterocycles. The molecule has 0 aliphatic carbocycles. The molecule has 1 N–H and O–H groups in total. The van der Waals surface area contributed by atoms with E-state index in [0.29, 0.717) is 23.0 Å². The second-order valence-corrected chi connectivity index (χ2v) is 5.63. The monoisotopic (exact) mass is 315 g/mol. The summed E-state index contributed by atoms with van der Waals surface area (Å²) in [7, 11) is 0. The normalized spacial score (nSPS) is 18.8. The highest BCUT2D eigenvalue weighted by atomic mass is 79.9. The zero-order chi connectivity index (χ0) is 13.0. The van der Waals surface area contributed by atoms with Gasteiger partial charge in [0.1, 0.15) is 5.82 Å². The Labute approximate surface area is 116 Å². The van der Waals surface area contributed by atoms with E-state index in [9.17, 15) is 4.39 Å². The van der Waals surface area contributed by atoms with Crippen LogP contribution in [0.25, 0.3) is 0 Å². The lowest BCUT2D eigenvalue weighted by molar-refractivity contribution is 0.0558. The summed E-state index contributed by atoms with van der Waals surface area (Å²) in [6, 6.07) is 5.59. The Kier molecular flexibility index (Phi) is 5.15. The van der Waals surface area contributed by atoms with Gasteiger partial charge in [-0.2, -0.15) is 0 Å². The molecule has 1 aliphatic rings. The number of hydrogen-bond acceptors (Lipinski definition) is 2. The molecule has 1 unspecified atom stereocenters. The van der Waals surface area contributed by atoms with Gasteiger partial charge in [-0.15, -0.1) is 0 Å². The van der Waals surface area contributed by atoms with Crippen LogP contribution in [-0.2, 0) is 11.3 Å². The van der Waals surface area contributed by atoms with Gasteiger partial charge in [0, 0.05) is 25.8 Å². The van der Waals surface area contributed by atoms with Crippen LogP contribution in [-0.4, -0.2) is 19.3 Å². The van der Waals surface area contributed by atoms with E-state index in [2.05, 4.69) is 28.2 Å². The van der Waals surface area contributed by atoms with Crippen molar-refractivity contribution in [2.45, 2.75) is 32.4 Å². The highest BCUT2D eigenvalue weighted by Crippen LogP contribution is 2.22. The fraction of sp³-hybridized carbons (Fsp3) is 0.571. The minimum Gasteiger partial charge on any atom is -0.381 e. The molecule has 0 saturated carbocycles. The highest BCUT2D eigenvalue weighted by molar-refractivity contribution is 9.10. The van der Waals surface area contributed by atoms with Gasteiger partial charge in [0.25, 0.3) is 0 Å². The van der Waals surface area contributed by atoms with E-state index in [1.165, 1.54) is 6.07 Å². The third-order valence-electron chi connectivity index (χ3n) is 3.62. The molecular formula is C14H19BrFNO. The molecule has 100 valence electrons. The molecule has 1 fully saturated rings. The smallest absolute Gasteiger partial charge is 0.137 e. The lowest BCUT2D eigenvalue weighted by Gasteiger charge is -2.28. The molecule has 4 heteroatoms. The van der Waals surface area contributed by atoms with Gasteiger partial charge < -0.3 is 10.1 Å². The number of nitrogens with one attached hydrogen (secondary N) is 1. The van der Waals surface area contributed by atoms with Crippen molar-refractivity contribution >= 4 is 15.9 Å². The van der Waals surface area contributed by atoms with Gasteiger partial charge in [0.05, 0.1) is 4.47 Å². The second-order valence-electron chi connectivity index (χ2n) is 4.83. The third kappa shape index (κ3) is 3.53. The largest absolute Gasteiger partial charge is 0.381 e. The van der Waals surface area contributed by atoms with E-state index in [1.807, 2.05) is 6.07 Å². The van der Waals surface area contributed by atoms with Gasteiger partial charge in [-0.1, -0.05) is 12.1 Å². The molecule has 1 aromatic rings. The topological polar surface area (TPSA) is 21.3 Å². The predicted molar refractivity (Wildman–Crippen MR) is 73.9 cm³/mol. The fourth-order valence-corrected chi connectivity index (χ4v) is 2.74. The van der Waals surface area contributed by atoms with E-state index in [1.54, 1.807) is 6.07 Å². The summed E-state index contributed by atoms with van der Waals surface area (Å²) < 4.78 is 19.3. The lowest BCUT2D eigenvalue weighted by atomic mass is 9.93. The summed E-state index contributed by atoms with van der Waals surface area (Å²) in [5, 5.41) is 3.48. The van der Waals surface area contributed by atoms with Crippen LogP contribution in [0.5, 0.6) is 0 Å². The maximum Gasteiger partial charge on any atom is 0.137 e. The fourth-order valence-electron chi connectivity index (χ4n) is 2.34. The van der Waals surface area contributed by atoms with Crippen LogP contribution in [0.2, 0.25) is 0 Å². The molecule has 1 atom stereocenters. The average molecular weight is 316 g/mol. The molecule has 2 rings (SSSR count). The number of benzene rings is 1. The third-order valence-corrected chi connectivity index (χ3v) is 4.51. The van der Waals surface area contributed by atoms with Crippen molar-refractivity contribution in [1.29, 1.82) is 0 Å². The SMILES string of the molecule is CC(NCc1cccc(F)c1Br)C1CCOCC1. The van der Waals surface area contributed by atoms with Crippen molar-refractivity contribution in [2.24, 2.45) is 5.92 Å². The molecule has 18 heavy (non-hydrogen) atoms. The Morgan fingerprint density at radius 3 is 2.89 bits per heavy atom. The van der Waals surface area contributed by atoms with E-state index < -0.39 is 0 Å². The summed E-state index contributed by atoms with van der Waals surface area (Å²) in [6.07, 6.45) is 2.22. The van der Waals surface area contributed by atoms with Crippen molar-refractivity contribution < 1.29 is 9.13 Å². The molecule has 0 amide bonds. The summed E-state index contributed by atoms with van der Waals surface area (Å²) in [5.41, 5.74) is 0.967. The van der Waals surface area contributed by atoms with Gasteiger partial charge >= 0.3 is 0 Å². The summed E-state index contributed by atoms with van der Waals surface area (Å²) in [5.74, 6) is 0.458. The molecular weight excluding hydrogens is 297 g/mol. The van der Waals surface area contributed by atoms with Crippen molar-refractivity contribution in [3.8, 4) is 0 Å². The van der Waals surface area contributed by atoms with E-state index >= 15 is 0 Å². The zero-order valence-electron chi connectivity index (χ0n) is 10.6. The van der Waals surface area contributed by atoms with Crippen molar-refractivity contribution in [1.82, 2.24) is 5.32 Å². The molecule has 0 bridgehead atoms. The lowest BCUT2D eigenvalue weighted by Crippen LogP contribution is -2.36. The van der Waals surface area contributed by atoms with Crippen LogP contribution in [0.1, 0.15) is 25.3 Å². The second kappa shape index (κ2) is 6.64. The molecule has 0 aromatic heterocycles. The van der Waals surface area contributed by atoms with Crippen LogP contribution in [0.15, 0.2) is 22.7 Å². The van der Waals surface area contributed by atoms with Gasteiger partial charge in [0.2, 0.25) is 0 Å². The van der Waals surface area contributed by atoms with Gasteiger partial charge in [-0.25, -0.2) is 4.39 Å². The number of ether oxygens (including phenoxy) is 1. The standard InChI is InChI=1S/C14H19BrFNO/c1-10(11-5-7-18-8-6-11)17-9-12-3-2-4-13(16)14(12)15/h2-4,10-11,17H,5-9H2,1H3. The van der Waals surface area contributed by atoms with E-state index in [0.717, 1.165) is 31.6 Å². The first-order chi connectivity index (χ1) is 8.68. The van der Waals surface area contributed by atoms with Crippen LogP contribution in [0.4, 0.5) is 4.39 Å². The van der Waals surface area contributed by atoms with E-state index in [-0.39, 0.29) is 5.82 Å². The van der Waals surface area contributed by atoms with Gasteiger partial charge in [0.15, 0.2) is 0 Å². The molecule has 1 heterocycles. The first kappa shape index (κ1) is 14.0. The van der Waals surface area contributed by atoms with Crippen LogP contribution >= 0.6 is 15.9 Å². The minimum atomic E-state index is -0.201. The molecule has 0 spiro atoms. The maximum atomic E-state index is 13.4. The highest BCUT2D eigenvalue weighted by Gasteiger charge is 2.20. The Hall–Kier alpha value is -0.450. The van der Waals surface area contributed by atoms with Gasteiger partial charge in [-0.3, -0.25) is 0 Å². The Bertz CT molecular complexity index is 393. The van der Waals surface area contributed by atoms with Crippen LogP contribution in [0, 0.1) is 11.7 Å².